The first kappa shape index (κ1) is 37.0. The Labute approximate surface area is 210 Å². The summed E-state index contributed by atoms with van der Waals surface area (Å²) in [4.78, 5) is 32.4. The van der Waals surface area contributed by atoms with Crippen molar-refractivity contribution < 1.29 is 29.3 Å². The van der Waals surface area contributed by atoms with Crippen molar-refractivity contribution >= 4 is 17.9 Å². The molecule has 3 atom stereocenters. The van der Waals surface area contributed by atoms with E-state index in [0.29, 0.717) is 6.61 Å². The van der Waals surface area contributed by atoms with Crippen molar-refractivity contribution in [2.45, 2.75) is 138 Å². The van der Waals surface area contributed by atoms with E-state index in [1.807, 2.05) is 13.8 Å². The molecule has 0 aromatic carbocycles. The molecule has 0 aromatic heterocycles. The van der Waals surface area contributed by atoms with Crippen molar-refractivity contribution in [2.24, 2.45) is 17.8 Å². The van der Waals surface area contributed by atoms with Gasteiger partial charge in [-0.2, -0.15) is 0 Å². The number of carboxylic acid groups (broad SMARTS) is 2. The molecule has 0 aliphatic heterocycles. The minimum absolute atomic E-state index is 0.00870. The zero-order valence-electron chi connectivity index (χ0n) is 23.4. The van der Waals surface area contributed by atoms with Gasteiger partial charge in [0.25, 0.3) is 0 Å². The molecule has 0 radical (unpaired) electrons. The van der Waals surface area contributed by atoms with Crippen molar-refractivity contribution in [3.05, 3.63) is 0 Å². The van der Waals surface area contributed by atoms with Crippen LogP contribution in [0.2, 0.25) is 0 Å². The number of carboxylic acids is 2. The van der Waals surface area contributed by atoms with E-state index in [1.54, 1.807) is 0 Å². The molecule has 0 aromatic rings. The number of rotatable bonds is 18. The number of esters is 1. The Morgan fingerprint density at radius 1 is 0.559 bits per heavy atom. The normalized spacial score (nSPS) is 12.8. The van der Waals surface area contributed by atoms with Gasteiger partial charge in [0.05, 0.1) is 24.4 Å². The van der Waals surface area contributed by atoms with Crippen LogP contribution < -0.4 is 0 Å². The lowest BCUT2D eigenvalue weighted by atomic mass is 10.00. The summed E-state index contributed by atoms with van der Waals surface area (Å²) in [6.45, 7) is 14.9. The Hall–Kier alpha value is -1.59. The molecule has 3 unspecified atom stereocenters. The minimum Gasteiger partial charge on any atom is -0.481 e. The molecular weight excluding hydrogens is 432 g/mol. The second-order valence-electron chi connectivity index (χ2n) is 8.94. The summed E-state index contributed by atoms with van der Waals surface area (Å²) in [5, 5.41) is 17.2. The molecular formula is C28H56O6. The van der Waals surface area contributed by atoms with Crippen LogP contribution in [-0.2, 0) is 19.1 Å². The number of unbranched alkanes of at least 4 members (excludes halogenated alkanes) is 4. The standard InChI is InChI=1S/C12H24O2.2C8H16O2/c1-4-7-9-11(6-3)12(13)14-10-8-5-2;2*1-3-5-6-7(4-2)8(9)10/h11H,4-10H2,1-3H3;2*7H,3-6H2,1-2H3,(H,9,10). The Bertz CT molecular complexity index is 452. The van der Waals surface area contributed by atoms with Gasteiger partial charge in [-0.3, -0.25) is 14.4 Å². The van der Waals surface area contributed by atoms with E-state index in [4.69, 9.17) is 14.9 Å². The van der Waals surface area contributed by atoms with Gasteiger partial charge in [-0.1, -0.05) is 93.4 Å². The average molecular weight is 489 g/mol. The van der Waals surface area contributed by atoms with Crippen LogP contribution in [0.1, 0.15) is 138 Å². The van der Waals surface area contributed by atoms with Crippen molar-refractivity contribution in [2.75, 3.05) is 6.61 Å². The van der Waals surface area contributed by atoms with Gasteiger partial charge in [0.15, 0.2) is 0 Å². The summed E-state index contributed by atoms with van der Waals surface area (Å²) in [5.41, 5.74) is 0. The van der Waals surface area contributed by atoms with Crippen LogP contribution in [0, 0.1) is 17.8 Å². The second-order valence-corrected chi connectivity index (χ2v) is 8.94. The zero-order valence-corrected chi connectivity index (χ0v) is 23.4. The number of hydrogen-bond donors (Lipinski definition) is 2. The molecule has 0 bridgehead atoms. The summed E-state index contributed by atoms with van der Waals surface area (Å²) < 4.78 is 5.19. The highest BCUT2D eigenvalue weighted by atomic mass is 16.5. The van der Waals surface area contributed by atoms with Crippen molar-refractivity contribution in [1.29, 1.82) is 0 Å². The van der Waals surface area contributed by atoms with Crippen LogP contribution in [0.25, 0.3) is 0 Å². The largest absolute Gasteiger partial charge is 0.481 e. The molecule has 2 N–H and O–H groups in total. The van der Waals surface area contributed by atoms with Crippen LogP contribution in [0.5, 0.6) is 0 Å². The van der Waals surface area contributed by atoms with Crippen LogP contribution in [-0.4, -0.2) is 34.7 Å². The van der Waals surface area contributed by atoms with Gasteiger partial charge in [-0.05, 0) is 44.9 Å². The number of ether oxygens (including phenoxy) is 1. The van der Waals surface area contributed by atoms with E-state index >= 15 is 0 Å². The maximum atomic E-state index is 11.5. The van der Waals surface area contributed by atoms with E-state index in [2.05, 4.69) is 34.6 Å². The van der Waals surface area contributed by atoms with E-state index < -0.39 is 11.9 Å². The van der Waals surface area contributed by atoms with Crippen molar-refractivity contribution in [3.8, 4) is 0 Å². The number of hydrogen-bond acceptors (Lipinski definition) is 4. The Kier molecular flexibility index (Phi) is 30.1. The molecule has 0 saturated carbocycles. The fourth-order valence-electron chi connectivity index (χ4n) is 3.28. The summed E-state index contributed by atoms with van der Waals surface area (Å²) in [5.74, 6) is -1.37. The monoisotopic (exact) mass is 488 g/mol. The van der Waals surface area contributed by atoms with Crippen LogP contribution in [0.15, 0.2) is 0 Å². The molecule has 0 spiro atoms. The van der Waals surface area contributed by atoms with Gasteiger partial charge < -0.3 is 14.9 Å². The highest BCUT2D eigenvalue weighted by Crippen LogP contribution is 2.15. The third-order valence-corrected chi connectivity index (χ3v) is 5.97. The summed E-state index contributed by atoms with van der Waals surface area (Å²) >= 11 is 0. The summed E-state index contributed by atoms with van der Waals surface area (Å²) in [6.07, 6.45) is 13.7. The Balaban J connectivity index is -0.000000434. The topological polar surface area (TPSA) is 101 Å². The Morgan fingerprint density at radius 3 is 1.15 bits per heavy atom. The first-order chi connectivity index (χ1) is 16.2. The highest BCUT2D eigenvalue weighted by molar-refractivity contribution is 5.72. The molecule has 0 amide bonds. The summed E-state index contributed by atoms with van der Waals surface area (Å²) in [6, 6.07) is 0. The van der Waals surface area contributed by atoms with E-state index in [1.165, 1.54) is 0 Å². The van der Waals surface area contributed by atoms with E-state index in [0.717, 1.165) is 89.9 Å². The molecule has 34 heavy (non-hydrogen) atoms. The minimum atomic E-state index is -0.643. The SMILES string of the molecule is CCCCC(CC)C(=O)O.CCCCC(CC)C(=O)O.CCCCOC(=O)C(CC)CCCC. The molecule has 0 rings (SSSR count). The molecule has 0 aliphatic rings. The zero-order chi connectivity index (χ0) is 26.8. The quantitative estimate of drug-likeness (QED) is 0.149. The van der Waals surface area contributed by atoms with Gasteiger partial charge >= 0.3 is 17.9 Å². The van der Waals surface area contributed by atoms with Gasteiger partial charge in [0.1, 0.15) is 0 Å². The first-order valence-electron chi connectivity index (χ1n) is 13.8. The van der Waals surface area contributed by atoms with Crippen LogP contribution in [0.4, 0.5) is 0 Å². The first-order valence-corrected chi connectivity index (χ1v) is 13.8. The highest BCUT2D eigenvalue weighted by Gasteiger charge is 2.16. The molecule has 0 fully saturated rings. The molecule has 6 heteroatoms. The number of aliphatic carboxylic acids is 2. The predicted octanol–water partition coefficient (Wildman–Crippen LogP) is 8.12. The lowest BCUT2D eigenvalue weighted by Gasteiger charge is -2.13. The molecule has 0 heterocycles. The number of carbonyl (C=O) groups excluding carboxylic acids is 1. The maximum Gasteiger partial charge on any atom is 0.308 e. The third kappa shape index (κ3) is 23.6. The molecule has 6 nitrogen and oxygen atoms in total. The van der Waals surface area contributed by atoms with Crippen molar-refractivity contribution in [1.82, 2.24) is 0 Å². The molecule has 0 aliphatic carbocycles. The van der Waals surface area contributed by atoms with Gasteiger partial charge in [-0.15, -0.1) is 0 Å². The van der Waals surface area contributed by atoms with Gasteiger partial charge in [0.2, 0.25) is 0 Å². The molecule has 204 valence electrons. The number of carbonyl (C=O) groups is 3. The predicted molar refractivity (Wildman–Crippen MR) is 141 cm³/mol. The van der Waals surface area contributed by atoms with Gasteiger partial charge in [0, 0.05) is 0 Å². The molecule has 0 saturated heterocycles. The third-order valence-electron chi connectivity index (χ3n) is 5.97. The lowest BCUT2D eigenvalue weighted by molar-refractivity contribution is -0.149. The van der Waals surface area contributed by atoms with Crippen LogP contribution >= 0.6 is 0 Å². The fourth-order valence-corrected chi connectivity index (χ4v) is 3.28. The van der Waals surface area contributed by atoms with E-state index in [9.17, 15) is 14.4 Å². The smallest absolute Gasteiger partial charge is 0.308 e. The van der Waals surface area contributed by atoms with E-state index in [-0.39, 0.29) is 23.7 Å². The average Bonchev–Trinajstić information content (AvgIpc) is 2.81. The summed E-state index contributed by atoms with van der Waals surface area (Å²) in [7, 11) is 0. The van der Waals surface area contributed by atoms with Crippen molar-refractivity contribution in [3.63, 3.8) is 0 Å². The fraction of sp³-hybridized carbons (Fsp3) is 0.893. The lowest BCUT2D eigenvalue weighted by Crippen LogP contribution is -2.17. The second kappa shape index (κ2) is 27.7. The van der Waals surface area contributed by atoms with Gasteiger partial charge in [-0.25, -0.2) is 0 Å². The van der Waals surface area contributed by atoms with Crippen LogP contribution in [0.3, 0.4) is 0 Å². The maximum absolute atomic E-state index is 11.5. The Morgan fingerprint density at radius 2 is 0.882 bits per heavy atom.